The number of carbonyl (C=O) groups excluding carboxylic acids is 1. The van der Waals surface area contributed by atoms with Gasteiger partial charge in [-0.05, 0) is 74.1 Å². The summed E-state index contributed by atoms with van der Waals surface area (Å²) in [6.07, 6.45) is 8.16. The first-order chi connectivity index (χ1) is 16.0. The van der Waals surface area contributed by atoms with Crippen molar-refractivity contribution in [1.29, 1.82) is 5.26 Å². The minimum Gasteiger partial charge on any atom is -0.346 e. The number of nitrogens with zero attached hydrogens (tertiary/aromatic N) is 4. The topological polar surface area (TPSA) is 61.9 Å². The molecule has 0 N–H and O–H groups in total. The van der Waals surface area contributed by atoms with Crippen LogP contribution in [0.2, 0.25) is 0 Å². The molecule has 4 rings (SSSR count). The van der Waals surface area contributed by atoms with Gasteiger partial charge in [-0.2, -0.15) is 5.26 Å². The second kappa shape index (κ2) is 9.87. The number of carbonyl (C=O) groups is 1. The van der Waals surface area contributed by atoms with E-state index in [4.69, 9.17) is 10.2 Å². The van der Waals surface area contributed by atoms with Gasteiger partial charge in [0.15, 0.2) is 0 Å². The summed E-state index contributed by atoms with van der Waals surface area (Å²) in [4.78, 5) is 19.7. The van der Waals surface area contributed by atoms with Gasteiger partial charge in [0.2, 0.25) is 5.91 Å². The summed E-state index contributed by atoms with van der Waals surface area (Å²) >= 11 is 0. The third-order valence-electron chi connectivity index (χ3n) is 6.60. The largest absolute Gasteiger partial charge is 0.346 e. The molecule has 1 aliphatic rings. The highest BCUT2D eigenvalue weighted by atomic mass is 16.2. The predicted octanol–water partition coefficient (Wildman–Crippen LogP) is 5.37. The van der Waals surface area contributed by atoms with Crippen LogP contribution in [0.1, 0.15) is 43.5 Å². The predicted molar refractivity (Wildman–Crippen MR) is 132 cm³/mol. The van der Waals surface area contributed by atoms with E-state index >= 15 is 0 Å². The summed E-state index contributed by atoms with van der Waals surface area (Å²) in [5.41, 5.74) is 5.81. The van der Waals surface area contributed by atoms with Gasteiger partial charge >= 0.3 is 0 Å². The number of nitriles is 1. The molecule has 0 bridgehead atoms. The van der Waals surface area contributed by atoms with Gasteiger partial charge in [-0.25, -0.2) is 4.98 Å². The number of pyridine rings is 1. The number of benzene rings is 1. The van der Waals surface area contributed by atoms with Gasteiger partial charge in [0.25, 0.3) is 0 Å². The molecule has 0 aliphatic carbocycles. The molecule has 3 heterocycles. The smallest absolute Gasteiger partial charge is 0.223 e. The van der Waals surface area contributed by atoms with E-state index in [1.807, 2.05) is 54.3 Å². The zero-order chi connectivity index (χ0) is 23.4. The highest BCUT2D eigenvalue weighted by molar-refractivity contribution is 5.81. The van der Waals surface area contributed by atoms with Crippen LogP contribution in [-0.4, -0.2) is 32.9 Å². The molecule has 2 atom stereocenters. The van der Waals surface area contributed by atoms with Crippen molar-refractivity contribution in [3.63, 3.8) is 0 Å². The third-order valence-corrected chi connectivity index (χ3v) is 6.60. The van der Waals surface area contributed by atoms with E-state index in [-0.39, 0.29) is 11.9 Å². The first-order valence-electron chi connectivity index (χ1n) is 11.6. The maximum Gasteiger partial charge on any atom is 0.223 e. The van der Waals surface area contributed by atoms with Crippen LogP contribution in [-0.2, 0) is 17.8 Å². The Kier molecular flexibility index (Phi) is 6.74. The normalized spacial score (nSPS) is 18.5. The number of fused-ring (bicyclic) bond motifs is 1. The SMILES string of the molecule is C=C/C(=C\C)c1ccc2c(ccn2CC2C[C@@H](C)N(C(=O)CCc3ccc(C#N)cc3)C2)n1. The van der Waals surface area contributed by atoms with Crippen LogP contribution in [0, 0.1) is 17.2 Å². The van der Waals surface area contributed by atoms with E-state index in [2.05, 4.69) is 42.5 Å². The van der Waals surface area contributed by atoms with Crippen LogP contribution in [0.25, 0.3) is 16.6 Å². The van der Waals surface area contributed by atoms with Gasteiger partial charge in [-0.3, -0.25) is 4.79 Å². The van der Waals surface area contributed by atoms with Crippen LogP contribution in [0.5, 0.6) is 0 Å². The molecule has 33 heavy (non-hydrogen) atoms. The van der Waals surface area contributed by atoms with Crippen molar-refractivity contribution in [2.75, 3.05) is 6.54 Å². The minimum atomic E-state index is 0.210. The lowest BCUT2D eigenvalue weighted by Gasteiger charge is -2.21. The quantitative estimate of drug-likeness (QED) is 0.466. The molecule has 2 aromatic heterocycles. The first kappa shape index (κ1) is 22.5. The molecule has 3 aromatic rings. The fraction of sp³-hybridized carbons (Fsp3) is 0.321. The zero-order valence-electron chi connectivity index (χ0n) is 19.4. The van der Waals surface area contributed by atoms with Crippen LogP contribution in [0.3, 0.4) is 0 Å². The van der Waals surface area contributed by atoms with E-state index in [0.29, 0.717) is 24.3 Å². The summed E-state index contributed by atoms with van der Waals surface area (Å²) < 4.78 is 2.26. The Labute approximate surface area is 195 Å². The molecule has 5 heteroatoms. The average Bonchev–Trinajstić information content (AvgIpc) is 3.41. The number of likely N-dealkylation sites (tertiary alicyclic amines) is 1. The Morgan fingerprint density at radius 3 is 2.73 bits per heavy atom. The standard InChI is InChI=1S/C28H30N4O/c1-4-24(5-2)25-11-12-27-26(30-25)14-15-31(27)18-23-16-20(3)32(19-23)28(33)13-10-21-6-8-22(17-29)9-7-21/h4-9,11-12,14-15,20,23H,1,10,13,16,18-19H2,2-3H3/b24-5+/t20-,23?/m1/s1. The average molecular weight is 439 g/mol. The second-order valence-electron chi connectivity index (χ2n) is 8.82. The number of hydrogen-bond donors (Lipinski definition) is 0. The van der Waals surface area contributed by atoms with Gasteiger partial charge in [-0.15, -0.1) is 0 Å². The van der Waals surface area contributed by atoms with Gasteiger partial charge in [-0.1, -0.05) is 30.9 Å². The Bertz CT molecular complexity index is 1230. The Balaban J connectivity index is 1.38. The van der Waals surface area contributed by atoms with Gasteiger partial charge in [0.05, 0.1) is 28.4 Å². The summed E-state index contributed by atoms with van der Waals surface area (Å²) in [5.74, 6) is 0.634. The second-order valence-corrected chi connectivity index (χ2v) is 8.82. The zero-order valence-corrected chi connectivity index (χ0v) is 19.4. The Morgan fingerprint density at radius 1 is 1.24 bits per heavy atom. The highest BCUT2D eigenvalue weighted by Gasteiger charge is 2.32. The monoisotopic (exact) mass is 438 g/mol. The first-order valence-corrected chi connectivity index (χ1v) is 11.6. The number of rotatable bonds is 7. The van der Waals surface area contributed by atoms with Gasteiger partial charge < -0.3 is 9.47 Å². The highest BCUT2D eigenvalue weighted by Crippen LogP contribution is 2.27. The lowest BCUT2D eigenvalue weighted by molar-refractivity contribution is -0.131. The lowest BCUT2D eigenvalue weighted by atomic mass is 10.1. The van der Waals surface area contributed by atoms with Crippen molar-refractivity contribution in [1.82, 2.24) is 14.5 Å². The van der Waals surface area contributed by atoms with Crippen molar-refractivity contribution in [3.05, 3.63) is 84.2 Å². The van der Waals surface area contributed by atoms with Crippen molar-refractivity contribution >= 4 is 22.5 Å². The molecular formula is C28H30N4O. The van der Waals surface area contributed by atoms with E-state index in [9.17, 15) is 4.79 Å². The maximum atomic E-state index is 12.9. The number of aryl methyl sites for hydroxylation is 1. The fourth-order valence-electron chi connectivity index (χ4n) is 4.81. The molecule has 1 saturated heterocycles. The van der Waals surface area contributed by atoms with Crippen LogP contribution in [0.15, 0.2) is 67.4 Å². The molecule has 1 aliphatic heterocycles. The molecule has 168 valence electrons. The summed E-state index contributed by atoms with van der Waals surface area (Å²) in [5, 5.41) is 8.93. The fourth-order valence-corrected chi connectivity index (χ4v) is 4.81. The molecular weight excluding hydrogens is 408 g/mol. The van der Waals surface area contributed by atoms with E-state index in [1.165, 1.54) is 0 Å². The van der Waals surface area contributed by atoms with Crippen LogP contribution < -0.4 is 0 Å². The molecule has 0 saturated carbocycles. The molecule has 1 aromatic carbocycles. The molecule has 1 unspecified atom stereocenters. The Morgan fingerprint density at radius 2 is 2.03 bits per heavy atom. The minimum absolute atomic E-state index is 0.210. The van der Waals surface area contributed by atoms with E-state index < -0.39 is 0 Å². The number of aromatic nitrogens is 2. The van der Waals surface area contributed by atoms with E-state index in [1.54, 1.807) is 0 Å². The van der Waals surface area contributed by atoms with E-state index in [0.717, 1.165) is 47.4 Å². The van der Waals surface area contributed by atoms with Crippen molar-refractivity contribution in [3.8, 4) is 6.07 Å². The molecule has 5 nitrogen and oxygen atoms in total. The maximum absolute atomic E-state index is 12.9. The van der Waals surface area contributed by atoms with Gasteiger partial charge in [0, 0.05) is 31.7 Å². The number of hydrogen-bond acceptors (Lipinski definition) is 3. The summed E-state index contributed by atoms with van der Waals surface area (Å²) in [6.45, 7) is 9.68. The van der Waals surface area contributed by atoms with Crippen LogP contribution in [0.4, 0.5) is 0 Å². The number of allylic oxidation sites excluding steroid dienone is 3. The lowest BCUT2D eigenvalue weighted by Crippen LogP contribution is -2.34. The van der Waals surface area contributed by atoms with Crippen molar-refractivity contribution in [2.45, 2.75) is 45.7 Å². The summed E-state index contributed by atoms with van der Waals surface area (Å²) in [7, 11) is 0. The van der Waals surface area contributed by atoms with Crippen molar-refractivity contribution < 1.29 is 4.79 Å². The molecule has 0 radical (unpaired) electrons. The molecule has 1 fully saturated rings. The third kappa shape index (κ3) is 4.90. The van der Waals surface area contributed by atoms with Crippen LogP contribution >= 0.6 is 0 Å². The number of amides is 1. The molecule has 1 amide bonds. The van der Waals surface area contributed by atoms with Gasteiger partial charge in [0.1, 0.15) is 0 Å². The molecule has 0 spiro atoms. The summed E-state index contributed by atoms with van der Waals surface area (Å²) in [6, 6.07) is 16.1. The van der Waals surface area contributed by atoms with Crippen molar-refractivity contribution in [2.24, 2.45) is 5.92 Å². The Hall–Kier alpha value is -3.65.